The topological polar surface area (TPSA) is 48.0 Å². The SMILES string of the molecule is CCC(CO)CNCc1c(C)[nH]c2ccccc12. The third-order valence-corrected chi connectivity index (χ3v) is 3.60. The quantitative estimate of drug-likeness (QED) is 0.733. The molecule has 2 aromatic rings. The number of rotatable bonds is 6. The molecule has 0 amide bonds. The van der Waals surface area contributed by atoms with Crippen LogP contribution in [0.25, 0.3) is 10.9 Å². The molecule has 3 heteroatoms. The fourth-order valence-electron chi connectivity index (χ4n) is 2.30. The summed E-state index contributed by atoms with van der Waals surface area (Å²) in [5.74, 6) is 0.357. The lowest BCUT2D eigenvalue weighted by molar-refractivity contribution is 0.218. The number of hydrogen-bond donors (Lipinski definition) is 3. The van der Waals surface area contributed by atoms with Gasteiger partial charge < -0.3 is 15.4 Å². The van der Waals surface area contributed by atoms with Gasteiger partial charge in [-0.25, -0.2) is 0 Å². The predicted octanol–water partition coefficient (Wildman–Crippen LogP) is 2.58. The summed E-state index contributed by atoms with van der Waals surface area (Å²) in [4.78, 5) is 3.40. The van der Waals surface area contributed by atoms with E-state index in [-0.39, 0.29) is 6.61 Å². The first kappa shape index (κ1) is 13.1. The molecular weight excluding hydrogens is 224 g/mol. The first-order valence-electron chi connectivity index (χ1n) is 6.64. The van der Waals surface area contributed by atoms with Gasteiger partial charge in [-0.3, -0.25) is 0 Å². The molecule has 0 aliphatic rings. The summed E-state index contributed by atoms with van der Waals surface area (Å²) in [6, 6.07) is 8.38. The van der Waals surface area contributed by atoms with Crippen molar-refractivity contribution in [2.24, 2.45) is 5.92 Å². The van der Waals surface area contributed by atoms with E-state index < -0.39 is 0 Å². The second kappa shape index (κ2) is 6.03. The van der Waals surface area contributed by atoms with Crippen molar-refractivity contribution in [1.82, 2.24) is 10.3 Å². The lowest BCUT2D eigenvalue weighted by Crippen LogP contribution is -2.24. The Hall–Kier alpha value is -1.32. The Labute approximate surface area is 108 Å². The third kappa shape index (κ3) is 2.74. The molecule has 1 aromatic carbocycles. The van der Waals surface area contributed by atoms with E-state index in [1.54, 1.807) is 0 Å². The van der Waals surface area contributed by atoms with Crippen molar-refractivity contribution in [2.45, 2.75) is 26.8 Å². The van der Waals surface area contributed by atoms with E-state index in [0.717, 1.165) is 19.5 Å². The van der Waals surface area contributed by atoms with Crippen LogP contribution in [0.5, 0.6) is 0 Å². The van der Waals surface area contributed by atoms with Crippen LogP contribution in [0, 0.1) is 12.8 Å². The molecule has 0 saturated heterocycles. The van der Waals surface area contributed by atoms with Crippen LogP contribution in [0.1, 0.15) is 24.6 Å². The Morgan fingerprint density at radius 3 is 2.83 bits per heavy atom. The fourth-order valence-corrected chi connectivity index (χ4v) is 2.30. The molecule has 3 nitrogen and oxygen atoms in total. The van der Waals surface area contributed by atoms with Gasteiger partial charge >= 0.3 is 0 Å². The zero-order valence-corrected chi connectivity index (χ0v) is 11.2. The standard InChI is InChI=1S/C15H22N2O/c1-3-12(10-18)8-16-9-14-11(2)17-15-7-5-4-6-13(14)15/h4-7,12,16-18H,3,8-10H2,1-2H3. The first-order chi connectivity index (χ1) is 8.76. The number of hydrogen-bond acceptors (Lipinski definition) is 2. The van der Waals surface area contributed by atoms with Gasteiger partial charge in [-0.15, -0.1) is 0 Å². The number of benzene rings is 1. The van der Waals surface area contributed by atoms with Gasteiger partial charge in [0, 0.05) is 36.3 Å². The summed E-state index contributed by atoms with van der Waals surface area (Å²) in [5, 5.41) is 13.9. The molecule has 0 bridgehead atoms. The van der Waals surface area contributed by atoms with E-state index in [2.05, 4.69) is 42.3 Å². The van der Waals surface area contributed by atoms with Crippen molar-refractivity contribution in [3.8, 4) is 0 Å². The summed E-state index contributed by atoms with van der Waals surface area (Å²) < 4.78 is 0. The maximum Gasteiger partial charge on any atom is 0.0471 e. The zero-order valence-electron chi connectivity index (χ0n) is 11.2. The van der Waals surface area contributed by atoms with E-state index in [9.17, 15) is 0 Å². The highest BCUT2D eigenvalue weighted by atomic mass is 16.3. The second-order valence-electron chi connectivity index (χ2n) is 4.86. The molecule has 1 heterocycles. The van der Waals surface area contributed by atoms with Gasteiger partial charge in [0.25, 0.3) is 0 Å². The molecule has 3 N–H and O–H groups in total. The highest BCUT2D eigenvalue weighted by Crippen LogP contribution is 2.21. The summed E-state index contributed by atoms with van der Waals surface area (Å²) in [6.45, 7) is 6.20. The van der Waals surface area contributed by atoms with E-state index in [1.807, 2.05) is 6.07 Å². The van der Waals surface area contributed by atoms with Gasteiger partial charge in [-0.1, -0.05) is 25.1 Å². The molecule has 18 heavy (non-hydrogen) atoms. The van der Waals surface area contributed by atoms with Crippen LogP contribution in [-0.2, 0) is 6.54 Å². The zero-order chi connectivity index (χ0) is 13.0. The Bertz CT molecular complexity index is 500. The average Bonchev–Trinajstić information content (AvgIpc) is 2.71. The Kier molecular flexibility index (Phi) is 4.39. The molecule has 0 aliphatic carbocycles. The van der Waals surface area contributed by atoms with Gasteiger partial charge in [0.05, 0.1) is 0 Å². The van der Waals surface area contributed by atoms with Crippen molar-refractivity contribution in [3.05, 3.63) is 35.5 Å². The van der Waals surface area contributed by atoms with Gasteiger partial charge in [0.2, 0.25) is 0 Å². The molecule has 0 fully saturated rings. The number of aromatic nitrogens is 1. The van der Waals surface area contributed by atoms with Crippen molar-refractivity contribution in [3.63, 3.8) is 0 Å². The van der Waals surface area contributed by atoms with Gasteiger partial charge in [0.15, 0.2) is 0 Å². The van der Waals surface area contributed by atoms with Crippen LogP contribution in [-0.4, -0.2) is 23.2 Å². The van der Waals surface area contributed by atoms with Gasteiger partial charge in [0.1, 0.15) is 0 Å². The summed E-state index contributed by atoms with van der Waals surface area (Å²) in [7, 11) is 0. The van der Waals surface area contributed by atoms with Crippen LogP contribution in [0.2, 0.25) is 0 Å². The molecule has 1 aromatic heterocycles. The van der Waals surface area contributed by atoms with Gasteiger partial charge in [-0.2, -0.15) is 0 Å². The van der Waals surface area contributed by atoms with E-state index >= 15 is 0 Å². The minimum Gasteiger partial charge on any atom is -0.396 e. The molecule has 0 aliphatic heterocycles. The highest BCUT2D eigenvalue weighted by Gasteiger charge is 2.08. The van der Waals surface area contributed by atoms with Crippen LogP contribution in [0.15, 0.2) is 24.3 Å². The largest absolute Gasteiger partial charge is 0.396 e. The van der Waals surface area contributed by atoms with Crippen molar-refractivity contribution < 1.29 is 5.11 Å². The van der Waals surface area contributed by atoms with E-state index in [1.165, 1.54) is 22.2 Å². The smallest absolute Gasteiger partial charge is 0.0471 e. The average molecular weight is 246 g/mol. The Morgan fingerprint density at radius 2 is 2.11 bits per heavy atom. The molecule has 0 radical (unpaired) electrons. The number of para-hydroxylation sites is 1. The molecule has 2 rings (SSSR count). The minimum absolute atomic E-state index is 0.260. The summed E-state index contributed by atoms with van der Waals surface area (Å²) >= 11 is 0. The molecule has 0 saturated carbocycles. The van der Waals surface area contributed by atoms with Crippen LogP contribution < -0.4 is 5.32 Å². The molecular formula is C15H22N2O. The van der Waals surface area contributed by atoms with E-state index in [4.69, 9.17) is 5.11 Å². The molecule has 1 unspecified atom stereocenters. The minimum atomic E-state index is 0.260. The maximum atomic E-state index is 9.16. The monoisotopic (exact) mass is 246 g/mol. The normalized spacial score (nSPS) is 13.1. The lowest BCUT2D eigenvalue weighted by Gasteiger charge is -2.12. The number of nitrogens with one attached hydrogen (secondary N) is 2. The Morgan fingerprint density at radius 1 is 1.33 bits per heavy atom. The fraction of sp³-hybridized carbons (Fsp3) is 0.467. The number of fused-ring (bicyclic) bond motifs is 1. The summed E-state index contributed by atoms with van der Waals surface area (Å²) in [5.41, 5.74) is 3.75. The summed E-state index contributed by atoms with van der Waals surface area (Å²) in [6.07, 6.45) is 1.01. The number of aliphatic hydroxyl groups is 1. The van der Waals surface area contributed by atoms with Crippen molar-refractivity contribution in [1.29, 1.82) is 0 Å². The maximum absolute atomic E-state index is 9.16. The number of aryl methyl sites for hydroxylation is 1. The first-order valence-corrected chi connectivity index (χ1v) is 6.64. The third-order valence-electron chi connectivity index (χ3n) is 3.60. The molecule has 1 atom stereocenters. The van der Waals surface area contributed by atoms with Crippen LogP contribution in [0.3, 0.4) is 0 Å². The van der Waals surface area contributed by atoms with Crippen LogP contribution >= 0.6 is 0 Å². The number of H-pyrrole nitrogens is 1. The number of aromatic amines is 1. The van der Waals surface area contributed by atoms with Crippen molar-refractivity contribution in [2.75, 3.05) is 13.2 Å². The second-order valence-corrected chi connectivity index (χ2v) is 4.86. The highest BCUT2D eigenvalue weighted by molar-refractivity contribution is 5.84. The van der Waals surface area contributed by atoms with Crippen molar-refractivity contribution >= 4 is 10.9 Å². The predicted molar refractivity (Wildman–Crippen MR) is 75.6 cm³/mol. The van der Waals surface area contributed by atoms with E-state index in [0.29, 0.717) is 5.92 Å². The Balaban J connectivity index is 2.05. The van der Waals surface area contributed by atoms with Crippen LogP contribution in [0.4, 0.5) is 0 Å². The lowest BCUT2D eigenvalue weighted by atomic mass is 10.1. The molecule has 98 valence electrons. The molecule has 0 spiro atoms. The number of aliphatic hydroxyl groups excluding tert-OH is 1. The van der Waals surface area contributed by atoms with Gasteiger partial charge in [-0.05, 0) is 30.9 Å².